The third-order valence-corrected chi connectivity index (χ3v) is 1.54. The minimum Gasteiger partial charge on any atom is -0.484 e. The van der Waals surface area contributed by atoms with Crippen molar-refractivity contribution in [1.82, 2.24) is 0 Å². The van der Waals surface area contributed by atoms with E-state index in [9.17, 15) is 0 Å². The second-order valence-corrected chi connectivity index (χ2v) is 2.48. The summed E-state index contributed by atoms with van der Waals surface area (Å²) < 4.78 is 5.07. The number of nitrogens with zero attached hydrogens (tertiary/aromatic N) is 1. The molecule has 0 aromatic heterocycles. The highest BCUT2D eigenvalue weighted by molar-refractivity contribution is 5.77. The first-order chi connectivity index (χ1) is 5.33. The predicted molar refractivity (Wildman–Crippen MR) is 46.6 cm³/mol. The van der Waals surface area contributed by atoms with Crippen LogP contribution in [0.15, 0.2) is 28.9 Å². The van der Waals surface area contributed by atoms with Crippen molar-refractivity contribution < 1.29 is 4.74 Å². The molecule has 11 heavy (non-hydrogen) atoms. The van der Waals surface area contributed by atoms with Crippen molar-refractivity contribution in [2.45, 2.75) is 19.8 Å². The van der Waals surface area contributed by atoms with E-state index in [-0.39, 0.29) is 0 Å². The number of aliphatic imine (C=N–C) groups is 1. The first-order valence-corrected chi connectivity index (χ1v) is 3.78. The maximum Gasteiger partial charge on any atom is 0.188 e. The molecule has 0 atom stereocenters. The van der Waals surface area contributed by atoms with Gasteiger partial charge in [0.05, 0.1) is 7.11 Å². The van der Waals surface area contributed by atoms with Gasteiger partial charge in [-0.3, -0.25) is 0 Å². The monoisotopic (exact) mass is 151 g/mol. The topological polar surface area (TPSA) is 21.6 Å². The zero-order chi connectivity index (χ0) is 8.10. The Morgan fingerprint density at radius 3 is 3.09 bits per heavy atom. The Balaban J connectivity index is 2.75. The zero-order valence-electron chi connectivity index (χ0n) is 7.00. The highest BCUT2D eigenvalue weighted by atomic mass is 16.5. The van der Waals surface area contributed by atoms with E-state index in [0.29, 0.717) is 0 Å². The summed E-state index contributed by atoms with van der Waals surface area (Å²) >= 11 is 0. The van der Waals surface area contributed by atoms with Gasteiger partial charge in [0.2, 0.25) is 0 Å². The van der Waals surface area contributed by atoms with E-state index in [2.05, 4.69) is 11.1 Å². The van der Waals surface area contributed by atoms with Crippen LogP contribution in [0.25, 0.3) is 0 Å². The minimum atomic E-state index is 0.822. The average Bonchev–Trinajstić information content (AvgIpc) is 1.96. The van der Waals surface area contributed by atoms with Gasteiger partial charge in [-0.15, -0.1) is 0 Å². The Morgan fingerprint density at radius 2 is 2.36 bits per heavy atom. The minimum absolute atomic E-state index is 0.822. The number of rotatable bonds is 0. The summed E-state index contributed by atoms with van der Waals surface area (Å²) in [5.41, 5.74) is 0.998. The molecule has 0 fully saturated rings. The van der Waals surface area contributed by atoms with E-state index in [1.165, 1.54) is 0 Å². The van der Waals surface area contributed by atoms with Crippen molar-refractivity contribution >= 4 is 5.90 Å². The third kappa shape index (κ3) is 2.58. The highest BCUT2D eigenvalue weighted by Gasteiger charge is 1.98. The molecule has 0 bridgehead atoms. The Hall–Kier alpha value is -1.05. The second-order valence-electron chi connectivity index (χ2n) is 2.48. The second kappa shape index (κ2) is 3.96. The lowest BCUT2D eigenvalue weighted by molar-refractivity contribution is 0.390. The molecule has 1 rings (SSSR count). The van der Waals surface area contributed by atoms with E-state index in [4.69, 9.17) is 4.74 Å². The van der Waals surface area contributed by atoms with E-state index in [1.54, 1.807) is 7.11 Å². The van der Waals surface area contributed by atoms with Crippen LogP contribution in [-0.2, 0) is 4.74 Å². The van der Waals surface area contributed by atoms with Crippen molar-refractivity contribution in [3.63, 3.8) is 0 Å². The Labute approximate surface area is 67.3 Å². The molecular weight excluding hydrogens is 138 g/mol. The fraction of sp³-hybridized carbons (Fsp3) is 0.444. The molecule has 0 aromatic carbocycles. The molecule has 0 spiro atoms. The molecule has 0 N–H and O–H groups in total. The summed E-state index contributed by atoms with van der Waals surface area (Å²) in [6.45, 7) is 1.97. The maximum atomic E-state index is 5.07. The first-order valence-electron chi connectivity index (χ1n) is 3.78. The standard InChI is InChI=1S/C9H13NO/c1-8-6-4-3-5-7-9(10-8)11-2/h3-4,6H,5,7H2,1-2H3/b4-3-,8-6-,10-9?. The molecule has 0 unspecified atom stereocenters. The number of ether oxygens (including phenoxy) is 1. The van der Waals surface area contributed by atoms with Crippen LogP contribution >= 0.6 is 0 Å². The Kier molecular flexibility index (Phi) is 2.90. The van der Waals surface area contributed by atoms with Crippen LogP contribution in [0.3, 0.4) is 0 Å². The molecule has 0 aromatic rings. The lowest BCUT2D eigenvalue weighted by Crippen LogP contribution is -2.01. The molecular formula is C9H13NO. The van der Waals surface area contributed by atoms with Gasteiger partial charge in [-0.05, 0) is 19.4 Å². The molecule has 2 heteroatoms. The smallest absolute Gasteiger partial charge is 0.188 e. The van der Waals surface area contributed by atoms with Gasteiger partial charge in [0, 0.05) is 12.1 Å². The highest BCUT2D eigenvalue weighted by Crippen LogP contribution is 2.05. The van der Waals surface area contributed by atoms with Crippen LogP contribution in [0.1, 0.15) is 19.8 Å². The number of methoxy groups -OCH3 is 1. The summed E-state index contributed by atoms with van der Waals surface area (Å²) in [4.78, 5) is 4.26. The lowest BCUT2D eigenvalue weighted by atomic mass is 10.2. The van der Waals surface area contributed by atoms with E-state index < -0.39 is 0 Å². The molecule has 1 heterocycles. The molecule has 0 radical (unpaired) electrons. The van der Waals surface area contributed by atoms with Gasteiger partial charge in [0.25, 0.3) is 0 Å². The molecule has 1 aliphatic heterocycles. The normalized spacial score (nSPS) is 25.6. The Bertz CT molecular complexity index is 214. The molecule has 0 amide bonds. The van der Waals surface area contributed by atoms with Gasteiger partial charge in [-0.25, -0.2) is 4.99 Å². The lowest BCUT2D eigenvalue weighted by Gasteiger charge is -2.04. The van der Waals surface area contributed by atoms with Crippen molar-refractivity contribution in [3.8, 4) is 0 Å². The Morgan fingerprint density at radius 1 is 1.55 bits per heavy atom. The van der Waals surface area contributed by atoms with Crippen LogP contribution < -0.4 is 0 Å². The van der Waals surface area contributed by atoms with Crippen LogP contribution in [0, 0.1) is 0 Å². The fourth-order valence-corrected chi connectivity index (χ4v) is 0.948. The van der Waals surface area contributed by atoms with Crippen LogP contribution in [0.4, 0.5) is 0 Å². The molecule has 2 nitrogen and oxygen atoms in total. The maximum absolute atomic E-state index is 5.07. The van der Waals surface area contributed by atoms with E-state index in [0.717, 1.165) is 24.4 Å². The average molecular weight is 151 g/mol. The molecule has 0 saturated heterocycles. The van der Waals surface area contributed by atoms with E-state index in [1.807, 2.05) is 19.1 Å². The van der Waals surface area contributed by atoms with Crippen LogP contribution in [0.5, 0.6) is 0 Å². The third-order valence-electron chi connectivity index (χ3n) is 1.54. The summed E-state index contributed by atoms with van der Waals surface area (Å²) in [6, 6.07) is 0. The van der Waals surface area contributed by atoms with Crippen molar-refractivity contribution in [3.05, 3.63) is 23.9 Å². The van der Waals surface area contributed by atoms with Crippen molar-refractivity contribution in [1.29, 1.82) is 0 Å². The largest absolute Gasteiger partial charge is 0.484 e. The number of hydrogen-bond donors (Lipinski definition) is 0. The number of allylic oxidation sites excluding steroid dienone is 4. The summed E-state index contributed by atoms with van der Waals surface area (Å²) in [5, 5.41) is 0. The summed E-state index contributed by atoms with van der Waals surface area (Å²) in [5.74, 6) is 0.822. The molecule has 60 valence electrons. The summed E-state index contributed by atoms with van der Waals surface area (Å²) in [6.07, 6.45) is 8.05. The van der Waals surface area contributed by atoms with Gasteiger partial charge >= 0.3 is 0 Å². The predicted octanol–water partition coefficient (Wildman–Crippen LogP) is 2.29. The van der Waals surface area contributed by atoms with Gasteiger partial charge in [0.15, 0.2) is 5.90 Å². The SMILES string of the molecule is COC1=N/C(C)=C\C=C/CC1. The van der Waals surface area contributed by atoms with Gasteiger partial charge in [0.1, 0.15) is 0 Å². The van der Waals surface area contributed by atoms with E-state index >= 15 is 0 Å². The van der Waals surface area contributed by atoms with Gasteiger partial charge in [-0.1, -0.05) is 12.2 Å². The quantitative estimate of drug-likeness (QED) is 0.520. The van der Waals surface area contributed by atoms with Crippen molar-refractivity contribution in [2.75, 3.05) is 7.11 Å². The van der Waals surface area contributed by atoms with Crippen molar-refractivity contribution in [2.24, 2.45) is 4.99 Å². The van der Waals surface area contributed by atoms with Crippen LogP contribution in [-0.4, -0.2) is 13.0 Å². The molecule has 0 saturated carbocycles. The first kappa shape index (κ1) is 8.05. The molecule has 0 aliphatic carbocycles. The van der Waals surface area contributed by atoms with Gasteiger partial charge < -0.3 is 4.74 Å². The van der Waals surface area contributed by atoms with Crippen LogP contribution in [0.2, 0.25) is 0 Å². The number of hydrogen-bond acceptors (Lipinski definition) is 2. The van der Waals surface area contributed by atoms with Gasteiger partial charge in [-0.2, -0.15) is 0 Å². The molecule has 1 aliphatic rings. The zero-order valence-corrected chi connectivity index (χ0v) is 7.00. The summed E-state index contributed by atoms with van der Waals surface area (Å²) in [7, 11) is 1.66. The fourth-order valence-electron chi connectivity index (χ4n) is 0.948.